The van der Waals surface area contributed by atoms with Gasteiger partial charge in [-0.25, -0.2) is 4.98 Å². The van der Waals surface area contributed by atoms with Crippen molar-refractivity contribution < 1.29 is 14.5 Å². The number of carbonyl (C=O) groups is 1. The molecule has 2 heterocycles. The van der Waals surface area contributed by atoms with Crippen LogP contribution in [0.3, 0.4) is 0 Å². The van der Waals surface area contributed by atoms with Crippen molar-refractivity contribution >= 4 is 27.5 Å². The zero-order chi connectivity index (χ0) is 17.8. The van der Waals surface area contributed by atoms with Crippen molar-refractivity contribution in [2.75, 3.05) is 26.2 Å². The lowest BCUT2D eigenvalue weighted by atomic mass is 10.2. The molecule has 1 aliphatic rings. The molecule has 26 heavy (non-hydrogen) atoms. The SMILES string of the molecule is O=C(NOc1nc2ccccc2s1)c1ccc(ON2CCNCC2)cc1. The largest absolute Gasteiger partial charge is 0.406 e. The van der Waals surface area contributed by atoms with Gasteiger partial charge < -0.3 is 15.0 Å². The summed E-state index contributed by atoms with van der Waals surface area (Å²) in [6.07, 6.45) is 0. The molecule has 8 heteroatoms. The van der Waals surface area contributed by atoms with E-state index in [0.717, 1.165) is 36.4 Å². The number of piperazine rings is 1. The predicted molar refractivity (Wildman–Crippen MR) is 99.2 cm³/mol. The van der Waals surface area contributed by atoms with Crippen molar-refractivity contribution in [3.63, 3.8) is 0 Å². The number of nitrogens with one attached hydrogen (secondary N) is 2. The zero-order valence-corrected chi connectivity index (χ0v) is 14.8. The van der Waals surface area contributed by atoms with E-state index in [2.05, 4.69) is 15.8 Å². The van der Waals surface area contributed by atoms with Crippen LogP contribution in [-0.4, -0.2) is 42.1 Å². The minimum Gasteiger partial charge on any atom is -0.406 e. The molecule has 0 saturated carbocycles. The molecule has 4 rings (SSSR count). The van der Waals surface area contributed by atoms with Crippen LogP contribution in [0.5, 0.6) is 10.9 Å². The first-order valence-electron chi connectivity index (χ1n) is 8.34. The first-order chi connectivity index (χ1) is 12.8. The van der Waals surface area contributed by atoms with E-state index >= 15 is 0 Å². The van der Waals surface area contributed by atoms with Crippen LogP contribution in [0.4, 0.5) is 0 Å². The molecule has 1 saturated heterocycles. The van der Waals surface area contributed by atoms with Crippen LogP contribution in [-0.2, 0) is 0 Å². The van der Waals surface area contributed by atoms with Gasteiger partial charge in [-0.1, -0.05) is 23.5 Å². The zero-order valence-electron chi connectivity index (χ0n) is 14.0. The predicted octanol–water partition coefficient (Wildman–Crippen LogP) is 2.22. The lowest BCUT2D eigenvalue weighted by molar-refractivity contribution is -0.0664. The number of hydroxylamine groups is 3. The summed E-state index contributed by atoms with van der Waals surface area (Å²) in [6.45, 7) is 3.48. The monoisotopic (exact) mass is 370 g/mol. The summed E-state index contributed by atoms with van der Waals surface area (Å²) in [4.78, 5) is 27.6. The van der Waals surface area contributed by atoms with Gasteiger partial charge >= 0.3 is 5.19 Å². The molecule has 1 fully saturated rings. The normalized spacial score (nSPS) is 14.9. The van der Waals surface area contributed by atoms with Gasteiger partial charge in [-0.3, -0.25) is 4.79 Å². The number of rotatable bonds is 5. The molecular formula is C18H18N4O3S. The Morgan fingerprint density at radius 3 is 2.65 bits per heavy atom. The van der Waals surface area contributed by atoms with E-state index in [0.29, 0.717) is 16.5 Å². The van der Waals surface area contributed by atoms with Crippen LogP contribution in [0.1, 0.15) is 10.4 Å². The number of hydrogen-bond donors (Lipinski definition) is 2. The number of carbonyl (C=O) groups excluding carboxylic acids is 1. The van der Waals surface area contributed by atoms with Crippen LogP contribution >= 0.6 is 11.3 Å². The van der Waals surface area contributed by atoms with Gasteiger partial charge in [0.05, 0.1) is 10.2 Å². The number of benzene rings is 2. The second kappa shape index (κ2) is 7.69. The van der Waals surface area contributed by atoms with Gasteiger partial charge in [-0.2, -0.15) is 5.48 Å². The van der Waals surface area contributed by atoms with Crippen molar-refractivity contribution in [1.82, 2.24) is 20.8 Å². The number of amides is 1. The molecule has 1 amide bonds. The van der Waals surface area contributed by atoms with Gasteiger partial charge in [0.1, 0.15) is 5.75 Å². The number of nitrogens with zero attached hydrogens (tertiary/aromatic N) is 2. The molecule has 3 aromatic rings. The second-order valence-corrected chi connectivity index (χ2v) is 6.77. The topological polar surface area (TPSA) is 75.7 Å². The molecule has 0 aliphatic carbocycles. The third-order valence-corrected chi connectivity index (χ3v) is 4.85. The minimum absolute atomic E-state index is 0.335. The van der Waals surface area contributed by atoms with Gasteiger partial charge in [0.2, 0.25) is 0 Å². The summed E-state index contributed by atoms with van der Waals surface area (Å²) in [5.41, 5.74) is 3.76. The Balaban J connectivity index is 1.33. The van der Waals surface area contributed by atoms with Gasteiger partial charge in [-0.05, 0) is 36.4 Å². The average Bonchev–Trinajstić information content (AvgIpc) is 3.10. The van der Waals surface area contributed by atoms with Crippen LogP contribution in [0.15, 0.2) is 48.5 Å². The van der Waals surface area contributed by atoms with Crippen molar-refractivity contribution in [3.8, 4) is 10.9 Å². The van der Waals surface area contributed by atoms with E-state index in [1.54, 1.807) is 24.3 Å². The van der Waals surface area contributed by atoms with Crippen molar-refractivity contribution in [1.29, 1.82) is 0 Å². The summed E-state index contributed by atoms with van der Waals surface area (Å²) in [5.74, 6) is 0.369. The van der Waals surface area contributed by atoms with Gasteiger partial charge in [0.25, 0.3) is 5.91 Å². The average molecular weight is 370 g/mol. The molecule has 2 N–H and O–H groups in total. The summed E-state index contributed by atoms with van der Waals surface area (Å²) in [5, 5.41) is 5.57. The molecule has 0 radical (unpaired) electrons. The highest BCUT2D eigenvalue weighted by Gasteiger charge is 2.12. The fourth-order valence-electron chi connectivity index (χ4n) is 2.60. The summed E-state index contributed by atoms with van der Waals surface area (Å²) in [6, 6.07) is 14.7. The fourth-order valence-corrected chi connectivity index (χ4v) is 3.38. The Kier molecular flexibility index (Phi) is 4.96. The molecule has 2 aromatic carbocycles. The molecule has 1 aliphatic heterocycles. The second-order valence-electron chi connectivity index (χ2n) is 5.78. The maximum atomic E-state index is 12.2. The first kappa shape index (κ1) is 16.8. The summed E-state index contributed by atoms with van der Waals surface area (Å²) < 4.78 is 1.01. The lowest BCUT2D eigenvalue weighted by Gasteiger charge is -2.26. The highest BCUT2D eigenvalue weighted by molar-refractivity contribution is 7.20. The number of para-hydroxylation sites is 1. The minimum atomic E-state index is -0.335. The number of thiazole rings is 1. The molecule has 0 bridgehead atoms. The van der Waals surface area contributed by atoms with Crippen LogP contribution in [0.25, 0.3) is 10.2 Å². The Labute approximate surface area is 154 Å². The highest BCUT2D eigenvalue weighted by atomic mass is 32.1. The summed E-state index contributed by atoms with van der Waals surface area (Å²) >= 11 is 1.38. The molecule has 134 valence electrons. The maximum absolute atomic E-state index is 12.2. The van der Waals surface area contributed by atoms with Crippen molar-refractivity contribution in [3.05, 3.63) is 54.1 Å². The van der Waals surface area contributed by atoms with E-state index in [-0.39, 0.29) is 5.91 Å². The van der Waals surface area contributed by atoms with Gasteiger partial charge in [0, 0.05) is 31.7 Å². The third kappa shape index (κ3) is 3.93. The molecule has 0 spiro atoms. The number of hydrogen-bond acceptors (Lipinski definition) is 7. The fraction of sp³-hybridized carbons (Fsp3) is 0.222. The Hall–Kier alpha value is -2.68. The Morgan fingerprint density at radius 2 is 1.88 bits per heavy atom. The van der Waals surface area contributed by atoms with E-state index < -0.39 is 0 Å². The smallest absolute Gasteiger partial charge is 0.303 e. The lowest BCUT2D eigenvalue weighted by Crippen LogP contribution is -2.45. The standard InChI is InChI=1S/C18H18N4O3S/c23-17(21-24-18-20-15-3-1-2-4-16(15)26-18)13-5-7-14(8-6-13)25-22-11-9-19-10-12-22/h1-8,19H,9-12H2,(H,21,23). The molecule has 0 unspecified atom stereocenters. The Morgan fingerprint density at radius 1 is 1.12 bits per heavy atom. The molecular weight excluding hydrogens is 352 g/mol. The van der Waals surface area contributed by atoms with E-state index in [1.807, 2.05) is 29.3 Å². The molecule has 7 nitrogen and oxygen atoms in total. The number of fused-ring (bicyclic) bond motifs is 1. The van der Waals surface area contributed by atoms with Gasteiger partial charge in [0.15, 0.2) is 0 Å². The number of aromatic nitrogens is 1. The first-order valence-corrected chi connectivity index (χ1v) is 9.16. The Bertz CT molecular complexity index is 858. The van der Waals surface area contributed by atoms with E-state index in [4.69, 9.17) is 9.68 Å². The van der Waals surface area contributed by atoms with Crippen molar-refractivity contribution in [2.45, 2.75) is 0 Å². The van der Waals surface area contributed by atoms with Crippen LogP contribution in [0.2, 0.25) is 0 Å². The molecule has 0 atom stereocenters. The van der Waals surface area contributed by atoms with Crippen molar-refractivity contribution in [2.24, 2.45) is 0 Å². The van der Waals surface area contributed by atoms with Crippen LogP contribution < -0.4 is 20.5 Å². The highest BCUT2D eigenvalue weighted by Crippen LogP contribution is 2.26. The van der Waals surface area contributed by atoms with E-state index in [9.17, 15) is 4.79 Å². The summed E-state index contributed by atoms with van der Waals surface area (Å²) in [7, 11) is 0. The van der Waals surface area contributed by atoms with E-state index in [1.165, 1.54) is 11.3 Å². The molecule has 1 aromatic heterocycles. The quantitative estimate of drug-likeness (QED) is 0.671. The maximum Gasteiger partial charge on any atom is 0.303 e. The van der Waals surface area contributed by atoms with Gasteiger partial charge in [-0.15, -0.1) is 5.06 Å². The third-order valence-electron chi connectivity index (χ3n) is 3.93. The van der Waals surface area contributed by atoms with Crippen LogP contribution in [0, 0.1) is 0 Å².